The van der Waals surface area contributed by atoms with Crippen molar-refractivity contribution in [2.45, 2.75) is 72.3 Å². The quantitative estimate of drug-likeness (QED) is 0.210. The number of imidazole rings is 1. The summed E-state index contributed by atoms with van der Waals surface area (Å²) < 4.78 is 2.29. The molecule has 1 amide bonds. The molecule has 2 aromatic carbocycles. The number of aryl methyl sites for hydroxylation is 1. The molecule has 216 valence electrons. The zero-order valence-electron chi connectivity index (χ0n) is 24.5. The van der Waals surface area contributed by atoms with Crippen LogP contribution in [0, 0.1) is 5.41 Å². The number of tetrazole rings is 1. The van der Waals surface area contributed by atoms with Crippen LogP contribution < -0.4 is 0 Å². The van der Waals surface area contributed by atoms with Crippen molar-refractivity contribution in [1.29, 1.82) is 0 Å². The van der Waals surface area contributed by atoms with Gasteiger partial charge in [-0.25, -0.2) is 15.1 Å². The van der Waals surface area contributed by atoms with E-state index >= 15 is 0 Å². The zero-order chi connectivity index (χ0) is 29.5. The van der Waals surface area contributed by atoms with Crippen LogP contribution in [0.3, 0.4) is 0 Å². The molecule has 9 nitrogen and oxygen atoms in total. The summed E-state index contributed by atoms with van der Waals surface area (Å²) in [5.74, 6) is 1.50. The van der Waals surface area contributed by atoms with E-state index in [9.17, 15) is 9.59 Å². The molecule has 1 aliphatic carbocycles. The maximum absolute atomic E-state index is 12.9. The van der Waals surface area contributed by atoms with Gasteiger partial charge >= 0.3 is 0 Å². The molecule has 0 bridgehead atoms. The third kappa shape index (κ3) is 6.51. The molecule has 0 spiro atoms. The Morgan fingerprint density at radius 3 is 2.57 bits per heavy atom. The van der Waals surface area contributed by atoms with Gasteiger partial charge in [0.15, 0.2) is 5.82 Å². The summed E-state index contributed by atoms with van der Waals surface area (Å²) in [7, 11) is 0. The number of aliphatic imine (C=N–C) groups is 1. The number of nitrogens with zero attached hydrogens (tertiary/aromatic N) is 6. The molecule has 5 rings (SSSR count). The van der Waals surface area contributed by atoms with Crippen LogP contribution in [0.2, 0.25) is 0 Å². The highest BCUT2D eigenvalue weighted by Crippen LogP contribution is 2.31. The Morgan fingerprint density at radius 2 is 1.88 bits per heavy atom. The number of carbonyl (C=O) groups is 2. The van der Waals surface area contributed by atoms with E-state index in [1.807, 2.05) is 44.2 Å². The lowest BCUT2D eigenvalue weighted by Gasteiger charge is -2.23. The Bertz CT molecular complexity index is 1600. The van der Waals surface area contributed by atoms with Gasteiger partial charge in [-0.2, -0.15) is 0 Å². The maximum atomic E-state index is 12.9. The van der Waals surface area contributed by atoms with Crippen LogP contribution >= 0.6 is 0 Å². The summed E-state index contributed by atoms with van der Waals surface area (Å²) in [4.78, 5) is 33.4. The number of aldehydes is 1. The van der Waals surface area contributed by atoms with Crippen molar-refractivity contribution in [2.75, 3.05) is 0 Å². The molecular weight excluding hydrogens is 526 g/mol. The molecule has 4 aromatic rings. The number of hydrogen-bond donors (Lipinski definition) is 1. The summed E-state index contributed by atoms with van der Waals surface area (Å²) in [5.41, 5.74) is 6.62. The molecular formula is C33H37N7O2. The van der Waals surface area contributed by atoms with Crippen molar-refractivity contribution in [3.63, 3.8) is 0 Å². The number of carbonyl (C=O) groups excluding carboxylic acids is 2. The Hall–Kier alpha value is -4.53. The average molecular weight is 564 g/mol. The minimum atomic E-state index is -0.361. The fourth-order valence-electron chi connectivity index (χ4n) is 5.37. The second kappa shape index (κ2) is 13.0. The van der Waals surface area contributed by atoms with Crippen LogP contribution in [0.15, 0.2) is 59.6 Å². The molecule has 1 unspecified atom stereocenters. The van der Waals surface area contributed by atoms with Crippen LogP contribution in [0.5, 0.6) is 0 Å². The van der Waals surface area contributed by atoms with Crippen LogP contribution in [0.4, 0.5) is 0 Å². The number of aromatic nitrogens is 6. The highest BCUT2D eigenvalue weighted by atomic mass is 16.1. The Balaban J connectivity index is 1.39. The SMILES string of the molecule is CCCCc1nc2c(n1Cc1ccc(-c3ccccc3-c3nnn[nH]3)cc1)CC(=NC(=O)CC(C)(CC)CC=O)C=C2. The normalized spacial score (nSPS) is 15.0. The van der Waals surface area contributed by atoms with Crippen molar-refractivity contribution >= 4 is 24.0 Å². The van der Waals surface area contributed by atoms with E-state index in [2.05, 4.69) is 67.4 Å². The van der Waals surface area contributed by atoms with E-state index in [0.717, 1.165) is 77.1 Å². The van der Waals surface area contributed by atoms with Gasteiger partial charge in [0.1, 0.15) is 12.1 Å². The van der Waals surface area contributed by atoms with Crippen molar-refractivity contribution < 1.29 is 9.59 Å². The van der Waals surface area contributed by atoms with Gasteiger partial charge in [0.05, 0.1) is 17.1 Å². The molecule has 0 aliphatic heterocycles. The number of H-pyrrole nitrogens is 1. The number of hydrogen-bond acceptors (Lipinski definition) is 6. The number of amides is 1. The first-order valence-corrected chi connectivity index (χ1v) is 14.7. The zero-order valence-corrected chi connectivity index (χ0v) is 24.5. The van der Waals surface area contributed by atoms with Crippen LogP contribution in [-0.4, -0.2) is 48.1 Å². The molecule has 0 saturated heterocycles. The lowest BCUT2D eigenvalue weighted by molar-refractivity contribution is -0.120. The largest absolute Gasteiger partial charge is 0.327 e. The summed E-state index contributed by atoms with van der Waals surface area (Å²) in [6, 6.07) is 16.6. The first-order valence-electron chi connectivity index (χ1n) is 14.7. The Kier molecular flexibility index (Phi) is 8.95. The molecule has 1 aliphatic rings. The highest BCUT2D eigenvalue weighted by molar-refractivity contribution is 6.07. The summed E-state index contributed by atoms with van der Waals surface area (Å²) in [6.07, 6.45) is 9.71. The number of aromatic amines is 1. The van der Waals surface area contributed by atoms with Crippen LogP contribution in [0.25, 0.3) is 28.6 Å². The smallest absolute Gasteiger partial charge is 0.246 e. The van der Waals surface area contributed by atoms with Gasteiger partial charge in [0, 0.05) is 37.8 Å². The lowest BCUT2D eigenvalue weighted by Crippen LogP contribution is -2.21. The predicted molar refractivity (Wildman–Crippen MR) is 164 cm³/mol. The Labute approximate surface area is 246 Å². The van der Waals surface area contributed by atoms with E-state index in [1.165, 1.54) is 0 Å². The van der Waals surface area contributed by atoms with E-state index in [-0.39, 0.29) is 17.7 Å². The maximum Gasteiger partial charge on any atom is 0.246 e. The van der Waals surface area contributed by atoms with Gasteiger partial charge in [0.25, 0.3) is 0 Å². The minimum Gasteiger partial charge on any atom is -0.327 e. The number of nitrogens with one attached hydrogen (secondary N) is 1. The molecule has 0 radical (unpaired) electrons. The van der Waals surface area contributed by atoms with E-state index in [4.69, 9.17) is 4.98 Å². The van der Waals surface area contributed by atoms with Crippen LogP contribution in [0.1, 0.15) is 75.7 Å². The van der Waals surface area contributed by atoms with Crippen molar-refractivity contribution in [2.24, 2.45) is 10.4 Å². The van der Waals surface area contributed by atoms with Crippen molar-refractivity contribution in [3.8, 4) is 22.5 Å². The van der Waals surface area contributed by atoms with Gasteiger partial charge in [-0.3, -0.25) is 4.79 Å². The van der Waals surface area contributed by atoms with Gasteiger partial charge in [-0.15, -0.1) is 5.10 Å². The number of unbranched alkanes of at least 4 members (excludes halogenated alkanes) is 1. The summed E-state index contributed by atoms with van der Waals surface area (Å²) in [6.45, 7) is 6.84. The molecule has 1 N–H and O–H groups in total. The summed E-state index contributed by atoms with van der Waals surface area (Å²) in [5, 5.41) is 14.4. The van der Waals surface area contributed by atoms with Gasteiger partial charge in [-0.05, 0) is 57.5 Å². The average Bonchev–Trinajstić information content (AvgIpc) is 3.65. The standard InChI is InChI=1S/C33H37N7O2/c1-4-6-11-30-35-28-17-16-25(34-31(42)21-33(3,5-2)18-19-41)20-29(28)40(30)22-23-12-14-24(15-13-23)26-9-7-8-10-27(26)32-36-38-39-37-32/h7-10,12-17,19H,4-6,11,18,20-22H2,1-3H3,(H,36,37,38,39). The third-order valence-corrected chi connectivity index (χ3v) is 8.13. The number of fused-ring (bicyclic) bond motifs is 1. The molecule has 2 heterocycles. The second-order valence-electron chi connectivity index (χ2n) is 11.3. The molecule has 9 heteroatoms. The van der Waals surface area contributed by atoms with E-state index in [0.29, 0.717) is 25.2 Å². The molecule has 0 saturated carbocycles. The highest BCUT2D eigenvalue weighted by Gasteiger charge is 2.26. The van der Waals surface area contributed by atoms with E-state index < -0.39 is 0 Å². The lowest BCUT2D eigenvalue weighted by atomic mass is 9.81. The predicted octanol–water partition coefficient (Wildman–Crippen LogP) is 6.05. The molecule has 2 aromatic heterocycles. The third-order valence-electron chi connectivity index (χ3n) is 8.13. The van der Waals surface area contributed by atoms with E-state index in [1.54, 1.807) is 0 Å². The molecule has 1 atom stereocenters. The van der Waals surface area contributed by atoms with Gasteiger partial charge in [-0.1, -0.05) is 75.7 Å². The summed E-state index contributed by atoms with van der Waals surface area (Å²) >= 11 is 0. The van der Waals surface area contributed by atoms with Crippen molar-refractivity contribution in [1.82, 2.24) is 30.2 Å². The minimum absolute atomic E-state index is 0.182. The topological polar surface area (TPSA) is 119 Å². The molecule has 0 fully saturated rings. The Morgan fingerprint density at radius 1 is 1.10 bits per heavy atom. The fraction of sp³-hybridized carbons (Fsp3) is 0.364. The first-order chi connectivity index (χ1) is 20.4. The number of allylic oxidation sites excluding steroid dienone is 1. The molecule has 42 heavy (non-hydrogen) atoms. The van der Waals surface area contributed by atoms with Gasteiger partial charge in [0.2, 0.25) is 5.91 Å². The van der Waals surface area contributed by atoms with Crippen molar-refractivity contribution in [3.05, 3.63) is 77.4 Å². The van der Waals surface area contributed by atoms with Gasteiger partial charge < -0.3 is 9.36 Å². The number of rotatable bonds is 12. The fourth-order valence-corrected chi connectivity index (χ4v) is 5.37. The first kappa shape index (κ1) is 29.0. The second-order valence-corrected chi connectivity index (χ2v) is 11.3. The van der Waals surface area contributed by atoms with Crippen LogP contribution in [-0.2, 0) is 29.0 Å². The number of benzene rings is 2. The monoisotopic (exact) mass is 563 g/mol.